The Hall–Kier alpha value is -2.53. The summed E-state index contributed by atoms with van der Waals surface area (Å²) in [5.41, 5.74) is 2.33. The minimum Gasteiger partial charge on any atom is -0.366 e. The zero-order valence-corrected chi connectivity index (χ0v) is 24.3. The number of nitrogens with one attached hydrogen (secondary N) is 1. The van der Waals surface area contributed by atoms with Crippen molar-refractivity contribution in [3.05, 3.63) is 35.2 Å². The first-order chi connectivity index (χ1) is 19.4. The Labute approximate surface area is 243 Å². The highest BCUT2D eigenvalue weighted by molar-refractivity contribution is 7.14. The van der Waals surface area contributed by atoms with Crippen LogP contribution < -0.4 is 10.2 Å². The third kappa shape index (κ3) is 5.51. The summed E-state index contributed by atoms with van der Waals surface area (Å²) in [5.74, 6) is -0.617. The number of benzene rings is 1. The number of hydrogen-bond acceptors (Lipinski definition) is 8. The topological polar surface area (TPSA) is 95.1 Å². The number of Topliss-reactive ketones (excluding diaryl/α,β-unsaturated/α-hetero) is 1. The number of aromatic nitrogens is 1. The van der Waals surface area contributed by atoms with Crippen molar-refractivity contribution in [2.24, 2.45) is 5.92 Å². The first kappa shape index (κ1) is 27.6. The molecule has 4 fully saturated rings. The molecule has 3 aliphatic heterocycles. The smallest absolute Gasteiger partial charge is 0.251 e. The van der Waals surface area contributed by atoms with Gasteiger partial charge in [0.2, 0.25) is 5.91 Å². The van der Waals surface area contributed by atoms with Crippen LogP contribution in [0.25, 0.3) is 11.3 Å². The van der Waals surface area contributed by atoms with Gasteiger partial charge in [0.05, 0.1) is 11.1 Å². The van der Waals surface area contributed by atoms with Gasteiger partial charge in [-0.1, -0.05) is 31.4 Å². The van der Waals surface area contributed by atoms with E-state index in [0.717, 1.165) is 74.7 Å². The van der Waals surface area contributed by atoms with E-state index < -0.39 is 23.6 Å². The Morgan fingerprint density at radius 1 is 1.10 bits per heavy atom. The molecule has 4 atom stereocenters. The van der Waals surface area contributed by atoms with Gasteiger partial charge in [0.25, 0.3) is 5.91 Å². The number of ketones is 1. The van der Waals surface area contributed by atoms with E-state index in [1.807, 2.05) is 12.1 Å². The van der Waals surface area contributed by atoms with Crippen molar-refractivity contribution in [3.8, 4) is 11.3 Å². The number of anilines is 1. The van der Waals surface area contributed by atoms with Crippen molar-refractivity contribution in [2.45, 2.75) is 55.7 Å². The number of likely N-dealkylation sites (N-methyl/N-ethyl adjacent to an activating group) is 1. The van der Waals surface area contributed by atoms with Crippen LogP contribution in [0.5, 0.6) is 0 Å². The lowest BCUT2D eigenvalue weighted by Gasteiger charge is -2.34. The number of nitrogens with zero attached hydrogens (tertiary/aromatic N) is 4. The zero-order valence-electron chi connectivity index (χ0n) is 22.8. The van der Waals surface area contributed by atoms with Crippen LogP contribution in [0.1, 0.15) is 42.5 Å². The van der Waals surface area contributed by atoms with E-state index in [-0.39, 0.29) is 36.7 Å². The number of ether oxygens (including phenoxy) is 1. The minimum atomic E-state index is -0.701. The number of fused-ring (bicyclic) bond motifs is 1. The van der Waals surface area contributed by atoms with E-state index in [9.17, 15) is 14.4 Å². The molecular formula is C29H36ClN5O4S. The number of carbonyl (C=O) groups excluding carboxylic acids is 3. The molecule has 0 spiro atoms. The average molecular weight is 586 g/mol. The van der Waals surface area contributed by atoms with E-state index in [1.54, 1.807) is 28.4 Å². The molecule has 40 heavy (non-hydrogen) atoms. The maximum atomic E-state index is 13.9. The third-order valence-electron chi connectivity index (χ3n) is 8.79. The zero-order chi connectivity index (χ0) is 27.8. The monoisotopic (exact) mass is 585 g/mol. The molecule has 0 radical (unpaired) electrons. The van der Waals surface area contributed by atoms with Crippen LogP contribution >= 0.6 is 22.9 Å². The molecule has 1 aliphatic carbocycles. The molecule has 1 aromatic carbocycles. The minimum absolute atomic E-state index is 0.0228. The fourth-order valence-electron chi connectivity index (χ4n) is 6.41. The predicted molar refractivity (Wildman–Crippen MR) is 155 cm³/mol. The van der Waals surface area contributed by atoms with Gasteiger partial charge in [0.15, 0.2) is 10.9 Å². The summed E-state index contributed by atoms with van der Waals surface area (Å²) < 4.78 is 5.57. The second-order valence-corrected chi connectivity index (χ2v) is 12.8. The van der Waals surface area contributed by atoms with Crippen LogP contribution in [0.4, 0.5) is 5.13 Å². The highest BCUT2D eigenvalue weighted by Gasteiger charge is 2.53. The number of piperazine rings is 1. The normalized spacial score (nSPS) is 26.6. The highest BCUT2D eigenvalue weighted by atomic mass is 35.5. The number of halogens is 1. The van der Waals surface area contributed by atoms with Gasteiger partial charge in [-0.15, -0.1) is 22.9 Å². The number of amides is 2. The standard InChI is InChI=1S/C29H36ClN5O4S/c1-33-11-13-34(14-12-33)29-31-22(17-40-29)18-7-9-20(10-8-18)27(37)32-24(19-5-3-2-4-6-19)28(38)35-15-21(30)26-25(35)23(36)16-39-26/h7-10,17,19,21,24-26H,2-6,11-16H2,1H3,(H,32,37). The molecule has 1 N–H and O–H groups in total. The SMILES string of the molecule is CN1CCN(c2nc(-c3ccc(C(=O)NC(C(=O)N4CC(Cl)C5OCC(=O)C54)C4CCCCC4)cc3)cs2)CC1. The lowest BCUT2D eigenvalue weighted by Crippen LogP contribution is -2.55. The lowest BCUT2D eigenvalue weighted by molar-refractivity contribution is -0.139. The number of alkyl halides is 1. The van der Waals surface area contributed by atoms with Crippen molar-refractivity contribution in [1.82, 2.24) is 20.1 Å². The lowest BCUT2D eigenvalue weighted by atomic mass is 9.83. The summed E-state index contributed by atoms with van der Waals surface area (Å²) in [6, 6.07) is 6.03. The number of rotatable bonds is 6. The summed E-state index contributed by atoms with van der Waals surface area (Å²) in [6.07, 6.45) is 4.43. The highest BCUT2D eigenvalue weighted by Crippen LogP contribution is 2.34. The first-order valence-corrected chi connectivity index (χ1v) is 15.6. The van der Waals surface area contributed by atoms with Crippen molar-refractivity contribution < 1.29 is 19.1 Å². The average Bonchev–Trinajstić information content (AvgIpc) is 3.70. The van der Waals surface area contributed by atoms with Gasteiger partial charge in [-0.3, -0.25) is 14.4 Å². The quantitative estimate of drug-likeness (QED) is 0.521. The van der Waals surface area contributed by atoms with Gasteiger partial charge in [0.1, 0.15) is 24.8 Å². The van der Waals surface area contributed by atoms with Crippen LogP contribution in [-0.2, 0) is 14.3 Å². The summed E-state index contributed by atoms with van der Waals surface area (Å²) >= 11 is 8.10. The van der Waals surface area contributed by atoms with E-state index >= 15 is 0 Å². The van der Waals surface area contributed by atoms with E-state index in [0.29, 0.717) is 5.56 Å². The van der Waals surface area contributed by atoms with Gasteiger partial charge in [0, 0.05) is 49.2 Å². The summed E-state index contributed by atoms with van der Waals surface area (Å²) in [7, 11) is 2.14. The maximum Gasteiger partial charge on any atom is 0.251 e. The molecule has 4 unspecified atom stereocenters. The number of carbonyl (C=O) groups is 3. The molecule has 6 rings (SSSR count). The second kappa shape index (κ2) is 11.8. The van der Waals surface area contributed by atoms with Crippen molar-refractivity contribution >= 4 is 45.7 Å². The number of likely N-dealkylation sites (tertiary alicyclic amines) is 1. The van der Waals surface area contributed by atoms with Crippen molar-refractivity contribution in [3.63, 3.8) is 0 Å². The van der Waals surface area contributed by atoms with E-state index in [1.165, 1.54) is 0 Å². The fourth-order valence-corrected chi connectivity index (χ4v) is 7.66. The molecule has 11 heteroatoms. The van der Waals surface area contributed by atoms with E-state index in [2.05, 4.69) is 27.5 Å². The molecule has 214 valence electrons. The molecule has 3 saturated heterocycles. The van der Waals surface area contributed by atoms with Gasteiger partial charge in [-0.05, 0) is 37.9 Å². The van der Waals surface area contributed by atoms with Crippen LogP contribution in [0.2, 0.25) is 0 Å². The van der Waals surface area contributed by atoms with Gasteiger partial charge < -0.3 is 24.8 Å². The third-order valence-corrected chi connectivity index (χ3v) is 10.1. The summed E-state index contributed by atoms with van der Waals surface area (Å²) in [4.78, 5) is 50.9. The second-order valence-electron chi connectivity index (χ2n) is 11.4. The molecule has 1 aromatic heterocycles. The Kier molecular flexibility index (Phi) is 8.12. The first-order valence-electron chi connectivity index (χ1n) is 14.3. The molecule has 4 heterocycles. The van der Waals surface area contributed by atoms with Crippen LogP contribution in [0, 0.1) is 5.92 Å². The molecule has 1 saturated carbocycles. The number of thiazole rings is 1. The van der Waals surface area contributed by atoms with Gasteiger partial charge in [-0.25, -0.2) is 4.98 Å². The molecule has 9 nitrogen and oxygen atoms in total. The van der Waals surface area contributed by atoms with Crippen molar-refractivity contribution in [1.29, 1.82) is 0 Å². The summed E-state index contributed by atoms with van der Waals surface area (Å²) in [5, 5.41) is 5.70. The van der Waals surface area contributed by atoms with Crippen LogP contribution in [0.3, 0.4) is 0 Å². The molecule has 0 bridgehead atoms. The van der Waals surface area contributed by atoms with Gasteiger partial charge >= 0.3 is 0 Å². The fraction of sp³-hybridized carbons (Fsp3) is 0.586. The Morgan fingerprint density at radius 2 is 1.82 bits per heavy atom. The maximum absolute atomic E-state index is 13.9. The van der Waals surface area contributed by atoms with Crippen molar-refractivity contribution in [2.75, 3.05) is 51.3 Å². The Bertz CT molecular complexity index is 1240. The largest absolute Gasteiger partial charge is 0.366 e. The number of hydrogen-bond donors (Lipinski definition) is 1. The molecule has 4 aliphatic rings. The van der Waals surface area contributed by atoms with E-state index in [4.69, 9.17) is 21.3 Å². The van der Waals surface area contributed by atoms with Crippen LogP contribution in [-0.4, -0.2) is 102 Å². The van der Waals surface area contributed by atoms with Crippen LogP contribution in [0.15, 0.2) is 29.6 Å². The molecule has 2 amide bonds. The predicted octanol–water partition coefficient (Wildman–Crippen LogP) is 3.03. The Morgan fingerprint density at radius 3 is 2.55 bits per heavy atom. The van der Waals surface area contributed by atoms with Gasteiger partial charge in [-0.2, -0.15) is 0 Å². The molecular weight excluding hydrogens is 550 g/mol. The Balaban J connectivity index is 1.16. The molecule has 2 aromatic rings. The summed E-state index contributed by atoms with van der Waals surface area (Å²) in [6.45, 7) is 4.21.